The van der Waals surface area contributed by atoms with Gasteiger partial charge in [-0.05, 0) is 46.0 Å². The lowest BCUT2D eigenvalue weighted by Crippen LogP contribution is -2.40. The zero-order valence-corrected chi connectivity index (χ0v) is 14.1. The molecule has 1 aromatic heterocycles. The molecule has 1 unspecified atom stereocenters. The number of aryl methyl sites for hydroxylation is 1. The van der Waals surface area contributed by atoms with Crippen LogP contribution >= 0.6 is 0 Å². The van der Waals surface area contributed by atoms with Crippen molar-refractivity contribution in [3.05, 3.63) is 11.4 Å². The fraction of sp³-hybridized carbons (Fsp3) is 0.765. The summed E-state index contributed by atoms with van der Waals surface area (Å²) in [7, 11) is 0. The molecule has 0 amide bonds. The van der Waals surface area contributed by atoms with E-state index in [9.17, 15) is 0 Å². The molecule has 0 aromatic carbocycles. The monoisotopic (exact) mass is 290 g/mol. The van der Waals surface area contributed by atoms with E-state index in [0.29, 0.717) is 6.04 Å². The van der Waals surface area contributed by atoms with Gasteiger partial charge in [-0.2, -0.15) is 0 Å². The number of rotatable bonds is 6. The predicted octanol–water partition coefficient (Wildman–Crippen LogP) is 4.07. The lowest BCUT2D eigenvalue weighted by molar-refractivity contribution is 0.431. The zero-order chi connectivity index (χ0) is 15.2. The summed E-state index contributed by atoms with van der Waals surface area (Å²) in [5, 5.41) is 3.45. The Kier molecular flexibility index (Phi) is 5.83. The van der Waals surface area contributed by atoms with Crippen LogP contribution in [0.25, 0.3) is 0 Å². The third kappa shape index (κ3) is 3.86. The highest BCUT2D eigenvalue weighted by atomic mass is 15.2. The second kappa shape index (κ2) is 7.62. The number of aromatic nitrogens is 2. The minimum absolute atomic E-state index is 0.649. The van der Waals surface area contributed by atoms with Gasteiger partial charge in [-0.3, -0.25) is 0 Å². The first-order chi connectivity index (χ1) is 10.2. The molecule has 118 valence electrons. The van der Waals surface area contributed by atoms with Gasteiger partial charge in [0.2, 0.25) is 0 Å². The normalized spacial score (nSPS) is 18.9. The van der Waals surface area contributed by atoms with Gasteiger partial charge < -0.3 is 10.2 Å². The van der Waals surface area contributed by atoms with Gasteiger partial charge in [0, 0.05) is 24.7 Å². The summed E-state index contributed by atoms with van der Waals surface area (Å²) in [6.07, 6.45) is 7.55. The van der Waals surface area contributed by atoms with Crippen molar-refractivity contribution in [3.8, 4) is 0 Å². The van der Waals surface area contributed by atoms with Crippen LogP contribution < -0.4 is 10.2 Å². The number of hydrogen-bond donors (Lipinski definition) is 1. The molecule has 1 aromatic rings. The molecule has 2 rings (SSSR count). The summed E-state index contributed by atoms with van der Waals surface area (Å²) in [6, 6.07) is 0.649. The van der Waals surface area contributed by atoms with E-state index in [-0.39, 0.29) is 0 Å². The van der Waals surface area contributed by atoms with Crippen LogP contribution in [0.4, 0.5) is 11.6 Å². The molecular formula is C17H30N4. The zero-order valence-electron chi connectivity index (χ0n) is 14.1. The van der Waals surface area contributed by atoms with Gasteiger partial charge in [-0.15, -0.1) is 0 Å². The summed E-state index contributed by atoms with van der Waals surface area (Å²) in [5.74, 6) is 3.04. The van der Waals surface area contributed by atoms with Crippen LogP contribution in [0.3, 0.4) is 0 Å². The van der Waals surface area contributed by atoms with Crippen LogP contribution in [-0.4, -0.2) is 29.1 Å². The third-order valence-corrected chi connectivity index (χ3v) is 4.30. The van der Waals surface area contributed by atoms with Crippen LogP contribution in [0, 0.1) is 13.8 Å². The highest BCUT2D eigenvalue weighted by Gasteiger charge is 2.25. The molecule has 1 atom stereocenters. The summed E-state index contributed by atoms with van der Waals surface area (Å²) in [6.45, 7) is 10.7. The highest BCUT2D eigenvalue weighted by Crippen LogP contribution is 2.30. The Morgan fingerprint density at radius 2 is 1.95 bits per heavy atom. The minimum atomic E-state index is 0.649. The molecule has 0 radical (unpaired) electrons. The van der Waals surface area contributed by atoms with E-state index in [1.165, 1.54) is 37.7 Å². The van der Waals surface area contributed by atoms with Gasteiger partial charge in [0.25, 0.3) is 0 Å². The fourth-order valence-electron chi connectivity index (χ4n) is 3.22. The summed E-state index contributed by atoms with van der Waals surface area (Å²) < 4.78 is 0. The van der Waals surface area contributed by atoms with E-state index in [4.69, 9.17) is 4.98 Å². The van der Waals surface area contributed by atoms with Gasteiger partial charge >= 0.3 is 0 Å². The Balaban J connectivity index is 2.30. The summed E-state index contributed by atoms with van der Waals surface area (Å²) in [4.78, 5) is 11.9. The quantitative estimate of drug-likeness (QED) is 0.857. The average Bonchev–Trinajstić information content (AvgIpc) is 2.49. The number of nitrogens with one attached hydrogen (secondary N) is 1. The topological polar surface area (TPSA) is 41.1 Å². The molecule has 1 aliphatic heterocycles. The summed E-state index contributed by atoms with van der Waals surface area (Å²) in [5.41, 5.74) is 1.21. The van der Waals surface area contributed by atoms with Gasteiger partial charge in [-0.1, -0.05) is 20.3 Å². The van der Waals surface area contributed by atoms with Gasteiger partial charge in [0.15, 0.2) is 0 Å². The maximum absolute atomic E-state index is 4.77. The molecule has 4 nitrogen and oxygen atoms in total. The standard InChI is InChI=1S/C17H30N4/c1-5-9-15-10-7-8-12-21(15)17-13(3)16(18-11-6-2)19-14(4)20-17/h15H,5-12H2,1-4H3,(H,18,19,20). The van der Waals surface area contributed by atoms with Crippen LogP contribution in [0.2, 0.25) is 0 Å². The molecule has 0 saturated carbocycles. The third-order valence-electron chi connectivity index (χ3n) is 4.30. The average molecular weight is 290 g/mol. The molecule has 0 spiro atoms. The van der Waals surface area contributed by atoms with Crippen molar-refractivity contribution in [3.63, 3.8) is 0 Å². The molecule has 0 bridgehead atoms. The van der Waals surface area contributed by atoms with E-state index < -0.39 is 0 Å². The molecule has 1 saturated heterocycles. The van der Waals surface area contributed by atoms with E-state index in [1.807, 2.05) is 6.92 Å². The van der Waals surface area contributed by atoms with E-state index in [0.717, 1.165) is 37.0 Å². The lowest BCUT2D eigenvalue weighted by atomic mass is 9.98. The molecule has 1 N–H and O–H groups in total. The van der Waals surface area contributed by atoms with Crippen molar-refractivity contribution in [2.24, 2.45) is 0 Å². The first-order valence-electron chi connectivity index (χ1n) is 8.53. The van der Waals surface area contributed by atoms with E-state index in [2.05, 4.69) is 36.0 Å². The number of anilines is 2. The van der Waals surface area contributed by atoms with Crippen molar-refractivity contribution in [2.45, 2.75) is 72.3 Å². The fourth-order valence-corrected chi connectivity index (χ4v) is 3.22. The second-order valence-corrected chi connectivity index (χ2v) is 6.13. The Morgan fingerprint density at radius 1 is 1.14 bits per heavy atom. The van der Waals surface area contributed by atoms with Crippen molar-refractivity contribution < 1.29 is 0 Å². The SMILES string of the molecule is CCCNc1nc(C)nc(N2CCCCC2CCC)c1C. The van der Waals surface area contributed by atoms with Crippen LogP contribution in [0.15, 0.2) is 0 Å². The van der Waals surface area contributed by atoms with Crippen molar-refractivity contribution in [2.75, 3.05) is 23.3 Å². The van der Waals surface area contributed by atoms with Crippen LogP contribution in [0.1, 0.15) is 63.8 Å². The van der Waals surface area contributed by atoms with Gasteiger partial charge in [0.1, 0.15) is 17.5 Å². The van der Waals surface area contributed by atoms with E-state index >= 15 is 0 Å². The molecule has 4 heteroatoms. The number of hydrogen-bond acceptors (Lipinski definition) is 4. The first kappa shape index (κ1) is 16.1. The maximum atomic E-state index is 4.77. The van der Waals surface area contributed by atoms with Gasteiger partial charge in [0.05, 0.1) is 0 Å². The number of piperidine rings is 1. The maximum Gasteiger partial charge on any atom is 0.137 e. The van der Waals surface area contributed by atoms with E-state index in [1.54, 1.807) is 0 Å². The Hall–Kier alpha value is -1.32. The largest absolute Gasteiger partial charge is 0.370 e. The molecule has 1 fully saturated rings. The van der Waals surface area contributed by atoms with Crippen molar-refractivity contribution in [1.82, 2.24) is 9.97 Å². The van der Waals surface area contributed by atoms with Crippen LogP contribution in [-0.2, 0) is 0 Å². The molecule has 2 heterocycles. The lowest BCUT2D eigenvalue weighted by Gasteiger charge is -2.37. The smallest absolute Gasteiger partial charge is 0.137 e. The second-order valence-electron chi connectivity index (χ2n) is 6.13. The molecule has 21 heavy (non-hydrogen) atoms. The Morgan fingerprint density at radius 3 is 2.67 bits per heavy atom. The number of nitrogens with zero attached hydrogens (tertiary/aromatic N) is 3. The molecule has 1 aliphatic rings. The predicted molar refractivity (Wildman–Crippen MR) is 90.2 cm³/mol. The van der Waals surface area contributed by atoms with Gasteiger partial charge in [-0.25, -0.2) is 9.97 Å². The minimum Gasteiger partial charge on any atom is -0.370 e. The summed E-state index contributed by atoms with van der Waals surface area (Å²) >= 11 is 0. The van der Waals surface area contributed by atoms with Crippen molar-refractivity contribution in [1.29, 1.82) is 0 Å². The Labute approximate surface area is 129 Å². The molecular weight excluding hydrogens is 260 g/mol. The first-order valence-corrected chi connectivity index (χ1v) is 8.53. The van der Waals surface area contributed by atoms with Crippen molar-refractivity contribution >= 4 is 11.6 Å². The molecule has 0 aliphatic carbocycles. The highest BCUT2D eigenvalue weighted by molar-refractivity contribution is 5.59. The van der Waals surface area contributed by atoms with Crippen LogP contribution in [0.5, 0.6) is 0 Å². The Bertz CT molecular complexity index is 456.